The minimum atomic E-state index is -4.57. The van der Waals surface area contributed by atoms with Gasteiger partial charge in [-0.3, -0.25) is 4.79 Å². The molecule has 10 heteroatoms. The van der Waals surface area contributed by atoms with Gasteiger partial charge in [0.25, 0.3) is 5.56 Å². The maximum atomic E-state index is 12.8. The summed E-state index contributed by atoms with van der Waals surface area (Å²) >= 11 is 11.9. The number of aromatic nitrogens is 4. The van der Waals surface area contributed by atoms with E-state index in [1.807, 2.05) is 0 Å². The van der Waals surface area contributed by atoms with Crippen molar-refractivity contribution >= 4 is 34.4 Å². The lowest BCUT2D eigenvalue weighted by Gasteiger charge is -2.12. The lowest BCUT2D eigenvalue weighted by molar-refractivity contribution is -0.137. The Morgan fingerprint density at radius 3 is 2.30 bits per heavy atom. The molecular weight excluding hydrogens is 356 g/mol. The second-order valence-electron chi connectivity index (χ2n) is 4.71. The first-order valence-electron chi connectivity index (χ1n) is 6.16. The fraction of sp³-hybridized carbons (Fsp3) is 0.154. The van der Waals surface area contributed by atoms with Crippen LogP contribution in [0.15, 0.2) is 29.3 Å². The lowest BCUT2D eigenvalue weighted by Crippen LogP contribution is -2.16. The second-order valence-corrected chi connectivity index (χ2v) is 5.52. The number of alkyl halides is 3. The molecule has 0 saturated heterocycles. The van der Waals surface area contributed by atoms with E-state index in [0.29, 0.717) is 5.52 Å². The van der Waals surface area contributed by atoms with Crippen molar-refractivity contribution in [1.82, 2.24) is 19.3 Å². The van der Waals surface area contributed by atoms with Gasteiger partial charge in [-0.05, 0) is 12.1 Å². The molecule has 0 unspecified atom stereocenters. The highest BCUT2D eigenvalue weighted by Gasteiger charge is 2.32. The highest BCUT2D eigenvalue weighted by Crippen LogP contribution is 2.37. The molecule has 2 heterocycles. The Morgan fingerprint density at radius 2 is 1.74 bits per heavy atom. The van der Waals surface area contributed by atoms with Crippen LogP contribution in [0, 0.1) is 0 Å². The first-order valence-corrected chi connectivity index (χ1v) is 6.92. The van der Waals surface area contributed by atoms with Gasteiger partial charge in [-0.25, -0.2) is 9.67 Å². The summed E-state index contributed by atoms with van der Waals surface area (Å²) in [5.41, 5.74) is -0.614. The maximum Gasteiger partial charge on any atom is 0.416 e. The SMILES string of the molecule is Cn1c(=O)cnc2c1cnn2-c1c(Cl)cc(C(F)(F)F)cc1Cl. The number of rotatable bonds is 1. The smallest absolute Gasteiger partial charge is 0.306 e. The maximum absolute atomic E-state index is 12.8. The van der Waals surface area contributed by atoms with Gasteiger partial charge in [0.1, 0.15) is 11.2 Å². The van der Waals surface area contributed by atoms with E-state index in [9.17, 15) is 18.0 Å². The summed E-state index contributed by atoms with van der Waals surface area (Å²) in [6.07, 6.45) is -2.14. The van der Waals surface area contributed by atoms with E-state index >= 15 is 0 Å². The van der Waals surface area contributed by atoms with Crippen molar-refractivity contribution < 1.29 is 13.2 Å². The van der Waals surface area contributed by atoms with Gasteiger partial charge in [-0.15, -0.1) is 0 Å². The zero-order valence-electron chi connectivity index (χ0n) is 11.4. The number of hydrogen-bond acceptors (Lipinski definition) is 3. The molecule has 0 aliphatic carbocycles. The molecule has 5 nitrogen and oxygen atoms in total. The van der Waals surface area contributed by atoms with Crippen molar-refractivity contribution in [3.05, 3.63) is 50.5 Å². The van der Waals surface area contributed by atoms with E-state index in [4.69, 9.17) is 23.2 Å². The summed E-state index contributed by atoms with van der Waals surface area (Å²) in [7, 11) is 1.52. The molecule has 23 heavy (non-hydrogen) atoms. The van der Waals surface area contributed by atoms with Crippen molar-refractivity contribution in [3.8, 4) is 5.69 Å². The predicted molar refractivity (Wildman–Crippen MR) is 79.1 cm³/mol. The molecule has 3 aromatic rings. The molecule has 0 amide bonds. The molecule has 0 spiro atoms. The molecule has 0 aliphatic heterocycles. The van der Waals surface area contributed by atoms with Crippen LogP contribution < -0.4 is 5.56 Å². The van der Waals surface area contributed by atoms with Crippen molar-refractivity contribution in [3.63, 3.8) is 0 Å². The summed E-state index contributed by atoms with van der Waals surface area (Å²) < 4.78 is 40.8. The highest BCUT2D eigenvalue weighted by molar-refractivity contribution is 6.38. The molecular formula is C13H7Cl2F3N4O. The fourth-order valence-electron chi connectivity index (χ4n) is 2.11. The number of aryl methyl sites for hydroxylation is 1. The van der Waals surface area contributed by atoms with Gasteiger partial charge in [0, 0.05) is 7.05 Å². The van der Waals surface area contributed by atoms with E-state index < -0.39 is 11.7 Å². The topological polar surface area (TPSA) is 52.7 Å². The molecule has 0 atom stereocenters. The number of hydrogen-bond donors (Lipinski definition) is 0. The normalized spacial score (nSPS) is 12.1. The van der Waals surface area contributed by atoms with Gasteiger partial charge in [0.05, 0.1) is 28.0 Å². The Balaban J connectivity index is 2.28. The van der Waals surface area contributed by atoms with E-state index in [0.717, 1.165) is 18.3 Å². The van der Waals surface area contributed by atoms with Crippen LogP contribution >= 0.6 is 23.2 Å². The zero-order chi connectivity index (χ0) is 16.9. The Hall–Kier alpha value is -2.06. The average Bonchev–Trinajstić information content (AvgIpc) is 2.86. The molecule has 0 radical (unpaired) electrons. The van der Waals surface area contributed by atoms with Crippen LogP contribution in [0.4, 0.5) is 13.2 Å². The molecule has 0 N–H and O–H groups in total. The molecule has 1 aromatic carbocycles. The summed E-state index contributed by atoms with van der Waals surface area (Å²) in [4.78, 5) is 15.5. The Kier molecular flexibility index (Phi) is 3.61. The molecule has 0 bridgehead atoms. The first-order chi connectivity index (χ1) is 10.7. The number of benzene rings is 1. The van der Waals surface area contributed by atoms with Gasteiger partial charge in [-0.2, -0.15) is 18.3 Å². The number of halogens is 5. The molecule has 0 fully saturated rings. The quantitative estimate of drug-likeness (QED) is 0.666. The summed E-state index contributed by atoms with van der Waals surface area (Å²) in [5.74, 6) is 0. The Morgan fingerprint density at radius 1 is 1.13 bits per heavy atom. The van der Waals surface area contributed by atoms with Crippen molar-refractivity contribution in [2.75, 3.05) is 0 Å². The standard InChI is InChI=1S/C13H7Cl2F3N4O/c1-21-9-4-20-22(12(9)19-5-10(21)23)11-7(14)2-6(3-8(11)15)13(16,17)18/h2-5H,1H3. The largest absolute Gasteiger partial charge is 0.416 e. The van der Waals surface area contributed by atoms with E-state index in [2.05, 4.69) is 10.1 Å². The molecule has 0 saturated carbocycles. The minimum Gasteiger partial charge on any atom is -0.306 e. The van der Waals surface area contributed by atoms with Gasteiger partial charge < -0.3 is 4.57 Å². The van der Waals surface area contributed by atoms with Gasteiger partial charge in [0.2, 0.25) is 0 Å². The lowest BCUT2D eigenvalue weighted by atomic mass is 10.2. The predicted octanol–water partition coefficient (Wildman–Crippen LogP) is 3.44. The van der Waals surface area contributed by atoms with Crippen molar-refractivity contribution in [2.24, 2.45) is 7.05 Å². The van der Waals surface area contributed by atoms with Crippen molar-refractivity contribution in [2.45, 2.75) is 6.18 Å². The van der Waals surface area contributed by atoms with Crippen LogP contribution in [0.25, 0.3) is 16.9 Å². The van der Waals surface area contributed by atoms with E-state index in [1.54, 1.807) is 0 Å². The van der Waals surface area contributed by atoms with E-state index in [1.165, 1.54) is 22.5 Å². The van der Waals surface area contributed by atoms with Crippen LogP contribution in [-0.2, 0) is 13.2 Å². The summed E-state index contributed by atoms with van der Waals surface area (Å²) in [6.45, 7) is 0. The molecule has 120 valence electrons. The van der Waals surface area contributed by atoms with Gasteiger partial charge in [0.15, 0.2) is 5.65 Å². The molecule has 3 rings (SSSR count). The van der Waals surface area contributed by atoms with Crippen LogP contribution in [0.1, 0.15) is 5.56 Å². The Bertz CT molecular complexity index is 954. The number of fused-ring (bicyclic) bond motifs is 1. The minimum absolute atomic E-state index is 0.0579. The highest BCUT2D eigenvalue weighted by atomic mass is 35.5. The molecule has 0 aliphatic rings. The van der Waals surface area contributed by atoms with Crippen molar-refractivity contribution in [1.29, 1.82) is 0 Å². The van der Waals surface area contributed by atoms with Gasteiger partial charge >= 0.3 is 6.18 Å². The van der Waals surface area contributed by atoms with E-state index in [-0.39, 0.29) is 26.9 Å². The third-order valence-electron chi connectivity index (χ3n) is 3.27. The summed E-state index contributed by atoms with van der Waals surface area (Å²) in [6, 6.07) is 1.52. The third-order valence-corrected chi connectivity index (χ3v) is 3.85. The summed E-state index contributed by atoms with van der Waals surface area (Å²) in [5, 5.41) is 3.56. The van der Waals surface area contributed by atoms with Crippen LogP contribution in [0.3, 0.4) is 0 Å². The monoisotopic (exact) mass is 362 g/mol. The first kappa shape index (κ1) is 15.8. The Labute approximate surface area is 136 Å². The number of nitrogens with zero attached hydrogens (tertiary/aromatic N) is 4. The van der Waals surface area contributed by atoms with Crippen LogP contribution in [-0.4, -0.2) is 19.3 Å². The second kappa shape index (κ2) is 5.24. The van der Waals surface area contributed by atoms with Crippen LogP contribution in [0.5, 0.6) is 0 Å². The fourth-order valence-corrected chi connectivity index (χ4v) is 2.75. The molecule has 2 aromatic heterocycles. The average molecular weight is 363 g/mol. The zero-order valence-corrected chi connectivity index (χ0v) is 12.9. The third kappa shape index (κ3) is 2.57. The van der Waals surface area contributed by atoms with Crippen LogP contribution in [0.2, 0.25) is 10.0 Å². The van der Waals surface area contributed by atoms with Gasteiger partial charge in [-0.1, -0.05) is 23.2 Å².